The summed E-state index contributed by atoms with van der Waals surface area (Å²) in [4.78, 5) is 16.6. The van der Waals surface area contributed by atoms with Gasteiger partial charge in [0.25, 0.3) is 0 Å². The zero-order valence-electron chi connectivity index (χ0n) is 14.1. The molecule has 0 aliphatic rings. The minimum atomic E-state index is -0.502. The molecule has 1 aromatic carbocycles. The van der Waals surface area contributed by atoms with Crippen LogP contribution in [0.2, 0.25) is 0 Å². The highest BCUT2D eigenvalue weighted by Gasteiger charge is 2.18. The van der Waals surface area contributed by atoms with Gasteiger partial charge in [0, 0.05) is 6.20 Å². The largest absolute Gasteiger partial charge is 0.487 e. The third kappa shape index (κ3) is 4.20. The van der Waals surface area contributed by atoms with Crippen LogP contribution in [0.25, 0.3) is 0 Å². The lowest BCUT2D eigenvalue weighted by Gasteiger charge is -2.12. The van der Waals surface area contributed by atoms with Crippen molar-refractivity contribution >= 4 is 11.6 Å². The Morgan fingerprint density at radius 2 is 2.04 bits per heavy atom. The van der Waals surface area contributed by atoms with E-state index in [-0.39, 0.29) is 5.91 Å². The normalized spacial score (nSPS) is 11.8. The van der Waals surface area contributed by atoms with Crippen LogP contribution in [0.15, 0.2) is 54.9 Å². The lowest BCUT2D eigenvalue weighted by atomic mass is 10.2. The van der Waals surface area contributed by atoms with Crippen LogP contribution in [0.3, 0.4) is 0 Å². The van der Waals surface area contributed by atoms with Gasteiger partial charge in [-0.3, -0.25) is 9.78 Å². The first kappa shape index (κ1) is 16.6. The molecule has 3 aromatic rings. The van der Waals surface area contributed by atoms with Crippen molar-refractivity contribution in [3.8, 4) is 5.75 Å². The van der Waals surface area contributed by atoms with Gasteiger partial charge >= 0.3 is 0 Å². The van der Waals surface area contributed by atoms with Gasteiger partial charge in [-0.1, -0.05) is 23.4 Å². The first-order chi connectivity index (χ1) is 12.1. The van der Waals surface area contributed by atoms with Crippen molar-refractivity contribution in [1.29, 1.82) is 0 Å². The van der Waals surface area contributed by atoms with Gasteiger partial charge in [0.15, 0.2) is 0 Å². The summed E-state index contributed by atoms with van der Waals surface area (Å²) in [5.74, 6) is 0.575. The number of amides is 1. The standard InChI is InChI=1S/C18H19N5O2/c1-13-17(9-6-10-19-13)20-18(24)14(2)23-11-15(21-22-23)12-25-16-7-4-3-5-8-16/h3-11,14H,12H2,1-2H3,(H,20,24). The van der Waals surface area contributed by atoms with Crippen LogP contribution in [-0.2, 0) is 11.4 Å². The summed E-state index contributed by atoms with van der Waals surface area (Å²) in [6.07, 6.45) is 3.40. The molecular weight excluding hydrogens is 318 g/mol. The summed E-state index contributed by atoms with van der Waals surface area (Å²) in [6, 6.07) is 12.6. The fourth-order valence-electron chi connectivity index (χ4n) is 2.22. The Kier molecular flexibility index (Phi) is 5.03. The van der Waals surface area contributed by atoms with E-state index >= 15 is 0 Å². The number of anilines is 1. The molecule has 1 amide bonds. The molecule has 0 saturated carbocycles. The smallest absolute Gasteiger partial charge is 0.249 e. The van der Waals surface area contributed by atoms with Gasteiger partial charge in [0.1, 0.15) is 24.1 Å². The van der Waals surface area contributed by atoms with Gasteiger partial charge in [-0.15, -0.1) is 5.10 Å². The predicted octanol–water partition coefficient (Wildman–Crippen LogP) is 2.76. The van der Waals surface area contributed by atoms with Crippen molar-refractivity contribution in [2.45, 2.75) is 26.5 Å². The SMILES string of the molecule is Cc1ncccc1NC(=O)C(C)n1cc(COc2ccccc2)nn1. The molecule has 0 bridgehead atoms. The van der Waals surface area contributed by atoms with Crippen LogP contribution in [0.1, 0.15) is 24.4 Å². The molecule has 1 atom stereocenters. The lowest BCUT2D eigenvalue weighted by Crippen LogP contribution is -2.24. The maximum atomic E-state index is 12.4. The molecule has 128 valence electrons. The second kappa shape index (κ2) is 7.57. The number of nitrogens with one attached hydrogen (secondary N) is 1. The average Bonchev–Trinajstić information content (AvgIpc) is 3.11. The molecule has 0 fully saturated rings. The van der Waals surface area contributed by atoms with Crippen LogP contribution >= 0.6 is 0 Å². The number of carbonyl (C=O) groups excluding carboxylic acids is 1. The molecule has 7 heteroatoms. The molecule has 0 aliphatic heterocycles. The van der Waals surface area contributed by atoms with E-state index < -0.39 is 6.04 Å². The molecule has 3 rings (SSSR count). The van der Waals surface area contributed by atoms with Crippen molar-refractivity contribution in [3.05, 3.63) is 66.2 Å². The lowest BCUT2D eigenvalue weighted by molar-refractivity contribution is -0.119. The molecule has 0 radical (unpaired) electrons. The Labute approximate surface area is 145 Å². The number of pyridine rings is 1. The van der Waals surface area contributed by atoms with E-state index in [4.69, 9.17) is 4.74 Å². The van der Waals surface area contributed by atoms with Gasteiger partial charge in [-0.25, -0.2) is 4.68 Å². The van der Waals surface area contributed by atoms with E-state index in [0.717, 1.165) is 11.4 Å². The van der Waals surface area contributed by atoms with E-state index in [9.17, 15) is 4.79 Å². The molecule has 0 aliphatic carbocycles. The van der Waals surface area contributed by atoms with Crippen LogP contribution in [0, 0.1) is 6.92 Å². The number of ether oxygens (including phenoxy) is 1. The molecule has 0 spiro atoms. The van der Waals surface area contributed by atoms with Gasteiger partial charge in [-0.05, 0) is 38.1 Å². The Morgan fingerprint density at radius 1 is 1.24 bits per heavy atom. The highest BCUT2D eigenvalue weighted by molar-refractivity contribution is 5.93. The third-order valence-corrected chi connectivity index (χ3v) is 3.73. The minimum absolute atomic E-state index is 0.184. The van der Waals surface area contributed by atoms with E-state index in [1.165, 1.54) is 4.68 Å². The molecule has 7 nitrogen and oxygen atoms in total. The zero-order chi connectivity index (χ0) is 17.6. The Balaban J connectivity index is 1.61. The van der Waals surface area contributed by atoms with Gasteiger partial charge in [0.2, 0.25) is 5.91 Å². The first-order valence-corrected chi connectivity index (χ1v) is 7.94. The van der Waals surface area contributed by atoms with Crippen LogP contribution in [-0.4, -0.2) is 25.9 Å². The Hall–Kier alpha value is -3.22. The van der Waals surface area contributed by atoms with E-state index in [1.807, 2.05) is 43.3 Å². The fraction of sp³-hybridized carbons (Fsp3) is 0.222. The Bertz CT molecular complexity index is 847. The summed E-state index contributed by atoms with van der Waals surface area (Å²) in [6.45, 7) is 3.90. The van der Waals surface area contributed by atoms with Crippen molar-refractivity contribution in [2.24, 2.45) is 0 Å². The van der Waals surface area contributed by atoms with Crippen molar-refractivity contribution < 1.29 is 9.53 Å². The second-order valence-corrected chi connectivity index (χ2v) is 5.59. The number of para-hydroxylation sites is 1. The number of hydrogen-bond donors (Lipinski definition) is 1. The number of hydrogen-bond acceptors (Lipinski definition) is 5. The molecule has 1 unspecified atom stereocenters. The Morgan fingerprint density at radius 3 is 2.80 bits per heavy atom. The highest BCUT2D eigenvalue weighted by atomic mass is 16.5. The zero-order valence-corrected chi connectivity index (χ0v) is 14.1. The topological polar surface area (TPSA) is 81.9 Å². The van der Waals surface area contributed by atoms with E-state index in [0.29, 0.717) is 18.0 Å². The highest BCUT2D eigenvalue weighted by Crippen LogP contribution is 2.15. The van der Waals surface area contributed by atoms with Gasteiger partial charge in [-0.2, -0.15) is 0 Å². The van der Waals surface area contributed by atoms with Crippen molar-refractivity contribution in [2.75, 3.05) is 5.32 Å². The van der Waals surface area contributed by atoms with Crippen LogP contribution in [0.5, 0.6) is 5.75 Å². The quantitative estimate of drug-likeness (QED) is 0.748. The third-order valence-electron chi connectivity index (χ3n) is 3.73. The summed E-state index contributed by atoms with van der Waals surface area (Å²) in [5, 5.41) is 10.9. The number of aryl methyl sites for hydroxylation is 1. The average molecular weight is 337 g/mol. The van der Waals surface area contributed by atoms with Crippen LogP contribution < -0.4 is 10.1 Å². The summed E-state index contributed by atoms with van der Waals surface area (Å²) in [5.41, 5.74) is 2.10. The van der Waals surface area contributed by atoms with E-state index in [2.05, 4.69) is 20.6 Å². The maximum Gasteiger partial charge on any atom is 0.249 e. The summed E-state index contributed by atoms with van der Waals surface area (Å²) >= 11 is 0. The number of benzene rings is 1. The molecule has 2 heterocycles. The first-order valence-electron chi connectivity index (χ1n) is 7.94. The fourth-order valence-corrected chi connectivity index (χ4v) is 2.22. The van der Waals surface area contributed by atoms with Gasteiger partial charge < -0.3 is 10.1 Å². The molecule has 1 N–H and O–H groups in total. The predicted molar refractivity (Wildman–Crippen MR) is 93.1 cm³/mol. The molecule has 2 aromatic heterocycles. The maximum absolute atomic E-state index is 12.4. The molecule has 25 heavy (non-hydrogen) atoms. The molecular formula is C18H19N5O2. The summed E-state index contributed by atoms with van der Waals surface area (Å²) < 4.78 is 7.15. The molecule has 0 saturated heterocycles. The number of carbonyl (C=O) groups is 1. The van der Waals surface area contributed by atoms with Crippen molar-refractivity contribution in [1.82, 2.24) is 20.0 Å². The number of nitrogens with zero attached hydrogens (tertiary/aromatic N) is 4. The second-order valence-electron chi connectivity index (χ2n) is 5.59. The summed E-state index contributed by atoms with van der Waals surface area (Å²) in [7, 11) is 0. The number of rotatable bonds is 6. The monoisotopic (exact) mass is 337 g/mol. The number of aromatic nitrogens is 4. The van der Waals surface area contributed by atoms with Crippen LogP contribution in [0.4, 0.5) is 5.69 Å². The van der Waals surface area contributed by atoms with Crippen molar-refractivity contribution in [3.63, 3.8) is 0 Å². The minimum Gasteiger partial charge on any atom is -0.487 e. The van der Waals surface area contributed by atoms with Gasteiger partial charge in [0.05, 0.1) is 17.6 Å². The van der Waals surface area contributed by atoms with E-state index in [1.54, 1.807) is 25.4 Å².